The van der Waals surface area contributed by atoms with Crippen molar-refractivity contribution in [3.8, 4) is 0 Å². The summed E-state index contributed by atoms with van der Waals surface area (Å²) in [6.07, 6.45) is 2.28. The largest absolute Gasteiger partial charge is 0.308 e. The Morgan fingerprint density at radius 1 is 1.25 bits per heavy atom. The van der Waals surface area contributed by atoms with Crippen molar-refractivity contribution in [3.05, 3.63) is 58.7 Å². The van der Waals surface area contributed by atoms with Crippen LogP contribution in [0, 0.1) is 0 Å². The van der Waals surface area contributed by atoms with Crippen molar-refractivity contribution < 1.29 is 4.79 Å². The third-order valence-corrected chi connectivity index (χ3v) is 3.70. The Hall–Kier alpha value is -1.91. The average molecular weight is 288 g/mol. The van der Waals surface area contributed by atoms with Crippen molar-refractivity contribution in [1.82, 2.24) is 10.3 Å². The number of hydrogen-bond acceptors (Lipinski definition) is 3. The first-order valence-corrected chi connectivity index (χ1v) is 6.83. The van der Waals surface area contributed by atoms with Crippen LogP contribution in [0.5, 0.6) is 0 Å². The van der Waals surface area contributed by atoms with Gasteiger partial charge in [0.25, 0.3) is 0 Å². The van der Waals surface area contributed by atoms with E-state index >= 15 is 0 Å². The lowest BCUT2D eigenvalue weighted by Crippen LogP contribution is -2.44. The number of fused-ring (bicyclic) bond motifs is 1. The lowest BCUT2D eigenvalue weighted by Gasteiger charge is -2.25. The van der Waals surface area contributed by atoms with Crippen LogP contribution in [0.3, 0.4) is 0 Å². The van der Waals surface area contributed by atoms with Crippen LogP contribution in [0.4, 0.5) is 5.82 Å². The van der Waals surface area contributed by atoms with Gasteiger partial charge in [-0.3, -0.25) is 4.79 Å². The van der Waals surface area contributed by atoms with Gasteiger partial charge in [0.1, 0.15) is 0 Å². The number of pyridine rings is 1. The minimum absolute atomic E-state index is 0.111. The number of carbonyl (C=O) groups is 1. The van der Waals surface area contributed by atoms with Gasteiger partial charge in [-0.25, -0.2) is 4.98 Å². The van der Waals surface area contributed by atoms with Crippen LogP contribution in [-0.4, -0.2) is 16.9 Å². The van der Waals surface area contributed by atoms with Crippen LogP contribution in [0.2, 0.25) is 5.02 Å². The molecule has 2 aromatic rings. The van der Waals surface area contributed by atoms with E-state index in [1.807, 2.05) is 12.1 Å². The van der Waals surface area contributed by atoms with Gasteiger partial charge >= 0.3 is 0 Å². The maximum atomic E-state index is 12.3. The van der Waals surface area contributed by atoms with Crippen molar-refractivity contribution in [2.75, 3.05) is 5.32 Å². The van der Waals surface area contributed by atoms with E-state index in [0.29, 0.717) is 23.8 Å². The molecular weight excluding hydrogens is 274 g/mol. The highest BCUT2D eigenvalue weighted by Gasteiger charge is 2.24. The molecule has 0 saturated heterocycles. The first-order chi connectivity index (χ1) is 9.74. The van der Waals surface area contributed by atoms with Gasteiger partial charge in [0.2, 0.25) is 5.91 Å². The first-order valence-electron chi connectivity index (χ1n) is 6.45. The Bertz CT molecular complexity index is 645. The molecule has 2 heterocycles. The number of anilines is 1. The molecule has 0 aliphatic carbocycles. The first kappa shape index (κ1) is 13.1. The Morgan fingerprint density at radius 2 is 2.05 bits per heavy atom. The van der Waals surface area contributed by atoms with E-state index in [0.717, 1.165) is 0 Å². The highest BCUT2D eigenvalue weighted by atomic mass is 35.5. The summed E-state index contributed by atoms with van der Waals surface area (Å²) < 4.78 is 0. The molecule has 1 aliphatic heterocycles. The van der Waals surface area contributed by atoms with Gasteiger partial charge in [0.15, 0.2) is 5.82 Å². The minimum Gasteiger partial charge on any atom is -0.308 e. The molecule has 102 valence electrons. The lowest BCUT2D eigenvalue weighted by molar-refractivity contribution is -0.118. The normalized spacial score (nSPS) is 17.4. The topological polar surface area (TPSA) is 54.0 Å². The zero-order valence-electron chi connectivity index (χ0n) is 10.8. The summed E-state index contributed by atoms with van der Waals surface area (Å²) >= 11 is 5.99. The zero-order chi connectivity index (χ0) is 13.9. The molecular formula is C15H14ClN3O. The molecule has 5 heteroatoms. The van der Waals surface area contributed by atoms with Gasteiger partial charge in [-0.2, -0.15) is 0 Å². The van der Waals surface area contributed by atoms with Crippen molar-refractivity contribution in [3.63, 3.8) is 0 Å². The van der Waals surface area contributed by atoms with Gasteiger partial charge in [-0.15, -0.1) is 0 Å². The van der Waals surface area contributed by atoms with Crippen molar-refractivity contribution >= 4 is 23.3 Å². The molecule has 1 aromatic heterocycles. The second kappa shape index (κ2) is 5.61. The second-order valence-electron chi connectivity index (χ2n) is 4.73. The summed E-state index contributed by atoms with van der Waals surface area (Å²) in [6, 6.07) is 11.3. The molecule has 0 fully saturated rings. The summed E-state index contributed by atoms with van der Waals surface area (Å²) in [6.45, 7) is 0.699. The summed E-state index contributed by atoms with van der Waals surface area (Å²) in [5.74, 6) is 0.292. The van der Waals surface area contributed by atoms with Crippen molar-refractivity contribution in [1.29, 1.82) is 0 Å². The SMILES string of the molecule is O=C(Nc1ncccc1Cl)C1Cc2ccccc2CN1. The number of rotatable bonds is 2. The number of nitrogens with one attached hydrogen (secondary N) is 2. The van der Waals surface area contributed by atoms with Crippen LogP contribution in [-0.2, 0) is 17.8 Å². The molecule has 3 rings (SSSR count). The number of carbonyl (C=O) groups excluding carboxylic acids is 1. The Balaban J connectivity index is 1.72. The molecule has 1 atom stereocenters. The molecule has 4 nitrogen and oxygen atoms in total. The molecule has 2 N–H and O–H groups in total. The predicted molar refractivity (Wildman–Crippen MR) is 78.7 cm³/mol. The zero-order valence-corrected chi connectivity index (χ0v) is 11.5. The molecule has 1 aromatic carbocycles. The Kier molecular flexibility index (Phi) is 3.67. The molecule has 20 heavy (non-hydrogen) atoms. The van der Waals surface area contributed by atoms with Crippen molar-refractivity contribution in [2.45, 2.75) is 19.0 Å². The van der Waals surface area contributed by atoms with E-state index in [9.17, 15) is 4.79 Å². The van der Waals surface area contributed by atoms with E-state index in [4.69, 9.17) is 11.6 Å². The molecule has 0 radical (unpaired) electrons. The van der Waals surface area contributed by atoms with Crippen LogP contribution in [0.1, 0.15) is 11.1 Å². The summed E-state index contributed by atoms with van der Waals surface area (Å²) in [7, 11) is 0. The van der Waals surface area contributed by atoms with E-state index in [2.05, 4.69) is 27.8 Å². The van der Waals surface area contributed by atoms with E-state index in [-0.39, 0.29) is 11.9 Å². The Labute approximate surface area is 122 Å². The lowest BCUT2D eigenvalue weighted by atomic mass is 9.95. The van der Waals surface area contributed by atoms with Crippen molar-refractivity contribution in [2.24, 2.45) is 0 Å². The number of benzene rings is 1. The van der Waals surface area contributed by atoms with E-state index < -0.39 is 0 Å². The van der Waals surface area contributed by atoms with Gasteiger partial charge in [0.05, 0.1) is 11.1 Å². The Morgan fingerprint density at radius 3 is 2.85 bits per heavy atom. The van der Waals surface area contributed by atoms with E-state index in [1.54, 1.807) is 18.3 Å². The van der Waals surface area contributed by atoms with Gasteiger partial charge in [0, 0.05) is 12.7 Å². The van der Waals surface area contributed by atoms with Gasteiger partial charge in [-0.1, -0.05) is 35.9 Å². The standard InChI is InChI=1S/C15H14ClN3O/c16-12-6-3-7-17-14(12)19-15(20)13-8-10-4-1-2-5-11(10)9-18-13/h1-7,13,18H,8-9H2,(H,17,19,20). The highest BCUT2D eigenvalue weighted by Crippen LogP contribution is 2.20. The maximum Gasteiger partial charge on any atom is 0.243 e. The predicted octanol–water partition coefficient (Wildman–Crippen LogP) is 2.39. The molecule has 0 saturated carbocycles. The summed E-state index contributed by atoms with van der Waals surface area (Å²) in [5.41, 5.74) is 2.45. The number of amides is 1. The third kappa shape index (κ3) is 2.66. The van der Waals surface area contributed by atoms with Gasteiger partial charge < -0.3 is 10.6 Å². The fraction of sp³-hybridized carbons (Fsp3) is 0.200. The van der Waals surface area contributed by atoms with E-state index in [1.165, 1.54) is 11.1 Å². The molecule has 0 spiro atoms. The number of aromatic nitrogens is 1. The maximum absolute atomic E-state index is 12.3. The smallest absolute Gasteiger partial charge is 0.243 e. The quantitative estimate of drug-likeness (QED) is 0.892. The number of hydrogen-bond donors (Lipinski definition) is 2. The minimum atomic E-state index is -0.261. The fourth-order valence-electron chi connectivity index (χ4n) is 2.32. The van der Waals surface area contributed by atoms with Crippen LogP contribution in [0.25, 0.3) is 0 Å². The van der Waals surface area contributed by atoms with Crippen LogP contribution >= 0.6 is 11.6 Å². The monoisotopic (exact) mass is 287 g/mol. The van der Waals surface area contributed by atoms with Crippen LogP contribution in [0.15, 0.2) is 42.6 Å². The average Bonchev–Trinajstić information content (AvgIpc) is 2.49. The number of nitrogens with zero attached hydrogens (tertiary/aromatic N) is 1. The molecule has 1 unspecified atom stereocenters. The second-order valence-corrected chi connectivity index (χ2v) is 5.14. The fourth-order valence-corrected chi connectivity index (χ4v) is 2.49. The number of halogens is 1. The molecule has 1 aliphatic rings. The summed E-state index contributed by atoms with van der Waals surface area (Å²) in [4.78, 5) is 16.3. The molecule has 1 amide bonds. The van der Waals surface area contributed by atoms with Gasteiger partial charge in [-0.05, 0) is 29.7 Å². The summed E-state index contributed by atoms with van der Waals surface area (Å²) in [5, 5.41) is 6.44. The molecule has 0 bridgehead atoms. The highest BCUT2D eigenvalue weighted by molar-refractivity contribution is 6.33. The third-order valence-electron chi connectivity index (χ3n) is 3.40. The van der Waals surface area contributed by atoms with Crippen LogP contribution < -0.4 is 10.6 Å².